The standard InChI is InChI=1S/C20H21FN2O4S/c1-12(24)23-16(19(25)22-15-7-5-4-6-14(15)21)11-28-20(23)13-8-9-17(26-2)18(10-13)27-3/h4-10,16,20H,11H2,1-3H3,(H,22,25)/t16-,20-/m0/s1. The quantitative estimate of drug-likeness (QED) is 0.827. The molecule has 28 heavy (non-hydrogen) atoms. The molecule has 0 bridgehead atoms. The molecule has 8 heteroatoms. The SMILES string of the molecule is COc1ccc([C@@H]2SC[C@@H](C(=O)Nc3ccccc3F)N2C(C)=O)cc1OC. The van der Waals surface area contributed by atoms with Crippen molar-refractivity contribution in [3.05, 3.63) is 53.8 Å². The molecule has 1 aliphatic heterocycles. The van der Waals surface area contributed by atoms with Gasteiger partial charge in [0.15, 0.2) is 11.5 Å². The number of hydrogen-bond acceptors (Lipinski definition) is 5. The van der Waals surface area contributed by atoms with Gasteiger partial charge >= 0.3 is 0 Å². The van der Waals surface area contributed by atoms with Gasteiger partial charge in [0.05, 0.1) is 19.9 Å². The van der Waals surface area contributed by atoms with Gasteiger partial charge < -0.3 is 19.7 Å². The first-order chi connectivity index (χ1) is 13.5. The number of nitrogens with one attached hydrogen (secondary N) is 1. The van der Waals surface area contributed by atoms with Crippen molar-refractivity contribution in [3.63, 3.8) is 0 Å². The summed E-state index contributed by atoms with van der Waals surface area (Å²) >= 11 is 1.47. The first kappa shape index (κ1) is 20.0. The van der Waals surface area contributed by atoms with E-state index in [9.17, 15) is 14.0 Å². The summed E-state index contributed by atoms with van der Waals surface area (Å²) in [5, 5.41) is 2.23. The van der Waals surface area contributed by atoms with Gasteiger partial charge in [-0.3, -0.25) is 9.59 Å². The molecule has 0 spiro atoms. The van der Waals surface area contributed by atoms with Crippen LogP contribution in [0.15, 0.2) is 42.5 Å². The number of halogens is 1. The number of carbonyl (C=O) groups excluding carboxylic acids is 2. The van der Waals surface area contributed by atoms with Crippen molar-refractivity contribution < 1.29 is 23.5 Å². The van der Waals surface area contributed by atoms with E-state index in [1.54, 1.807) is 31.4 Å². The molecule has 1 N–H and O–H groups in total. The zero-order valence-corrected chi connectivity index (χ0v) is 16.6. The number of hydrogen-bond donors (Lipinski definition) is 1. The van der Waals surface area contributed by atoms with E-state index in [4.69, 9.17) is 9.47 Å². The van der Waals surface area contributed by atoms with Crippen molar-refractivity contribution in [2.75, 3.05) is 25.3 Å². The maximum absolute atomic E-state index is 13.9. The minimum Gasteiger partial charge on any atom is -0.493 e. The fourth-order valence-corrected chi connectivity index (χ4v) is 4.61. The second kappa shape index (κ2) is 8.52. The molecule has 3 rings (SSSR count). The second-order valence-electron chi connectivity index (χ2n) is 6.21. The number of thioether (sulfide) groups is 1. The Kier molecular flexibility index (Phi) is 6.08. The molecule has 1 heterocycles. The van der Waals surface area contributed by atoms with Crippen LogP contribution in [0.1, 0.15) is 17.9 Å². The maximum Gasteiger partial charge on any atom is 0.248 e. The summed E-state index contributed by atoms with van der Waals surface area (Å²) in [4.78, 5) is 26.6. The first-order valence-electron chi connectivity index (χ1n) is 8.64. The van der Waals surface area contributed by atoms with Crippen molar-refractivity contribution in [2.45, 2.75) is 18.3 Å². The highest BCUT2D eigenvalue weighted by Crippen LogP contribution is 2.43. The van der Waals surface area contributed by atoms with Gasteiger partial charge in [0.1, 0.15) is 17.2 Å². The van der Waals surface area contributed by atoms with E-state index in [-0.39, 0.29) is 17.0 Å². The number of nitrogens with zero attached hydrogens (tertiary/aromatic N) is 1. The summed E-state index contributed by atoms with van der Waals surface area (Å²) < 4.78 is 24.5. The minimum atomic E-state index is -0.708. The predicted molar refractivity (Wildman–Crippen MR) is 106 cm³/mol. The molecule has 2 aromatic carbocycles. The molecule has 2 atom stereocenters. The third-order valence-electron chi connectivity index (χ3n) is 4.49. The lowest BCUT2D eigenvalue weighted by Crippen LogP contribution is -2.44. The summed E-state index contributed by atoms with van der Waals surface area (Å²) in [6.07, 6.45) is 0. The van der Waals surface area contributed by atoms with Crippen LogP contribution in [-0.4, -0.2) is 42.7 Å². The van der Waals surface area contributed by atoms with E-state index < -0.39 is 17.8 Å². The average Bonchev–Trinajstić information content (AvgIpc) is 3.14. The van der Waals surface area contributed by atoms with Crippen LogP contribution in [0.2, 0.25) is 0 Å². The van der Waals surface area contributed by atoms with Gasteiger partial charge in [0, 0.05) is 12.7 Å². The van der Waals surface area contributed by atoms with Crippen molar-refractivity contribution >= 4 is 29.3 Å². The van der Waals surface area contributed by atoms with Crippen molar-refractivity contribution in [3.8, 4) is 11.5 Å². The Labute approximate surface area is 167 Å². The third-order valence-corrected chi connectivity index (χ3v) is 5.81. The zero-order chi connectivity index (χ0) is 20.3. The van der Waals surface area contributed by atoms with Crippen molar-refractivity contribution in [1.82, 2.24) is 4.90 Å². The third kappa shape index (κ3) is 3.91. The van der Waals surface area contributed by atoms with Crippen LogP contribution in [-0.2, 0) is 9.59 Å². The average molecular weight is 404 g/mol. The molecule has 0 radical (unpaired) electrons. The minimum absolute atomic E-state index is 0.0931. The Balaban J connectivity index is 1.85. The van der Waals surface area contributed by atoms with E-state index in [0.29, 0.717) is 17.3 Å². The summed E-state index contributed by atoms with van der Waals surface area (Å²) in [5.41, 5.74) is 0.912. The van der Waals surface area contributed by atoms with Gasteiger partial charge in [0.2, 0.25) is 11.8 Å². The molecule has 0 unspecified atom stereocenters. The van der Waals surface area contributed by atoms with Crippen LogP contribution in [0.5, 0.6) is 11.5 Å². The van der Waals surface area contributed by atoms with E-state index in [0.717, 1.165) is 5.56 Å². The molecule has 0 aliphatic carbocycles. The predicted octanol–water partition coefficient (Wildman–Crippen LogP) is 3.44. The lowest BCUT2D eigenvalue weighted by molar-refractivity contribution is -0.136. The molecule has 1 saturated heterocycles. The molecule has 0 saturated carbocycles. The Morgan fingerprint density at radius 2 is 1.86 bits per heavy atom. The van der Waals surface area contributed by atoms with E-state index in [2.05, 4.69) is 5.32 Å². The van der Waals surface area contributed by atoms with Crippen LogP contribution in [0.3, 0.4) is 0 Å². The van der Waals surface area contributed by atoms with Gasteiger partial charge in [-0.15, -0.1) is 11.8 Å². The molecule has 1 fully saturated rings. The van der Waals surface area contributed by atoms with Crippen LogP contribution >= 0.6 is 11.8 Å². The number of carbonyl (C=O) groups is 2. The highest BCUT2D eigenvalue weighted by Gasteiger charge is 2.41. The highest BCUT2D eigenvalue weighted by atomic mass is 32.2. The molecule has 148 valence electrons. The summed E-state index contributed by atoms with van der Waals surface area (Å²) in [5.74, 6) is 0.348. The molecule has 2 aromatic rings. The van der Waals surface area contributed by atoms with Gasteiger partial charge in [-0.1, -0.05) is 18.2 Å². The number of ether oxygens (including phenoxy) is 2. The highest BCUT2D eigenvalue weighted by molar-refractivity contribution is 7.99. The van der Waals surface area contributed by atoms with Crippen LogP contribution in [0.4, 0.5) is 10.1 Å². The molecule has 0 aromatic heterocycles. The molecule has 6 nitrogen and oxygen atoms in total. The van der Waals surface area contributed by atoms with E-state index in [1.165, 1.54) is 42.8 Å². The Morgan fingerprint density at radius 1 is 1.14 bits per heavy atom. The Morgan fingerprint density at radius 3 is 2.50 bits per heavy atom. The van der Waals surface area contributed by atoms with Gasteiger partial charge in [-0.05, 0) is 29.8 Å². The molecule has 2 amide bonds. The lowest BCUT2D eigenvalue weighted by atomic mass is 10.1. The smallest absolute Gasteiger partial charge is 0.248 e. The number of rotatable bonds is 5. The van der Waals surface area contributed by atoms with Gasteiger partial charge in [-0.2, -0.15) is 0 Å². The topological polar surface area (TPSA) is 67.9 Å². The number of amides is 2. The van der Waals surface area contributed by atoms with Crippen LogP contribution < -0.4 is 14.8 Å². The largest absolute Gasteiger partial charge is 0.493 e. The summed E-state index contributed by atoms with van der Waals surface area (Å²) in [6, 6.07) is 10.6. The van der Waals surface area contributed by atoms with Crippen LogP contribution in [0.25, 0.3) is 0 Å². The van der Waals surface area contributed by atoms with Gasteiger partial charge in [-0.25, -0.2) is 4.39 Å². The second-order valence-corrected chi connectivity index (χ2v) is 7.32. The van der Waals surface area contributed by atoms with E-state index >= 15 is 0 Å². The van der Waals surface area contributed by atoms with Gasteiger partial charge in [0.25, 0.3) is 0 Å². The summed E-state index contributed by atoms with van der Waals surface area (Å²) in [7, 11) is 3.09. The van der Waals surface area contributed by atoms with Crippen molar-refractivity contribution in [1.29, 1.82) is 0 Å². The zero-order valence-electron chi connectivity index (χ0n) is 15.8. The normalized spacial score (nSPS) is 18.6. The van der Waals surface area contributed by atoms with Crippen molar-refractivity contribution in [2.24, 2.45) is 0 Å². The monoisotopic (exact) mass is 404 g/mol. The first-order valence-corrected chi connectivity index (χ1v) is 9.69. The number of methoxy groups -OCH3 is 2. The Bertz CT molecular complexity index is 892. The number of para-hydroxylation sites is 1. The van der Waals surface area contributed by atoms with Crippen LogP contribution in [0, 0.1) is 5.82 Å². The fourth-order valence-electron chi connectivity index (χ4n) is 3.13. The maximum atomic E-state index is 13.9. The van der Waals surface area contributed by atoms with E-state index in [1.807, 2.05) is 6.07 Å². The molecular weight excluding hydrogens is 383 g/mol. The molecular formula is C20H21FN2O4S. The Hall–Kier alpha value is -2.74. The number of anilines is 1. The molecule has 1 aliphatic rings. The fraction of sp³-hybridized carbons (Fsp3) is 0.300. The lowest BCUT2D eigenvalue weighted by Gasteiger charge is -2.28. The summed E-state index contributed by atoms with van der Waals surface area (Å²) in [6.45, 7) is 1.42. The number of benzene rings is 2.